The fraction of sp³-hybridized carbons (Fsp3) is 0.467. The highest BCUT2D eigenvalue weighted by Gasteiger charge is 2.37. The highest BCUT2D eigenvalue weighted by Crippen LogP contribution is 2.29. The molecule has 0 aliphatic heterocycles. The van der Waals surface area contributed by atoms with Crippen LogP contribution in [0.15, 0.2) is 42.5 Å². The SMILES string of the molecule is CCCN(C(=O)C(CCC(N)=O)NC(=O)OC(C)(C)C)C(C(=O)Nc1ccccc1C)c1cccc(C)c1C. The zero-order chi connectivity index (χ0) is 29.3. The van der Waals surface area contributed by atoms with E-state index in [4.69, 9.17) is 10.5 Å². The van der Waals surface area contributed by atoms with Crippen molar-refractivity contribution in [3.63, 3.8) is 0 Å². The number of anilines is 1. The first-order valence-electron chi connectivity index (χ1n) is 13.3. The number of carbonyl (C=O) groups is 4. The average Bonchev–Trinajstić information content (AvgIpc) is 2.83. The summed E-state index contributed by atoms with van der Waals surface area (Å²) in [5.74, 6) is -1.50. The smallest absolute Gasteiger partial charge is 0.408 e. The second-order valence-corrected chi connectivity index (χ2v) is 10.7. The Morgan fingerprint density at radius 1 is 0.974 bits per heavy atom. The van der Waals surface area contributed by atoms with Crippen LogP contribution in [-0.4, -0.2) is 46.9 Å². The van der Waals surface area contributed by atoms with Gasteiger partial charge in [-0.1, -0.05) is 43.3 Å². The third-order valence-electron chi connectivity index (χ3n) is 6.32. The van der Waals surface area contributed by atoms with Gasteiger partial charge in [-0.25, -0.2) is 4.79 Å². The van der Waals surface area contributed by atoms with Gasteiger partial charge in [0, 0.05) is 18.7 Å². The van der Waals surface area contributed by atoms with Crippen molar-refractivity contribution in [2.45, 2.75) is 85.4 Å². The van der Waals surface area contributed by atoms with E-state index in [0.29, 0.717) is 17.7 Å². The van der Waals surface area contributed by atoms with Crippen molar-refractivity contribution in [2.75, 3.05) is 11.9 Å². The molecule has 0 aliphatic rings. The van der Waals surface area contributed by atoms with Crippen LogP contribution in [0.1, 0.15) is 75.3 Å². The topological polar surface area (TPSA) is 131 Å². The van der Waals surface area contributed by atoms with Crippen LogP contribution in [-0.2, 0) is 19.1 Å². The average molecular weight is 539 g/mol. The number of aryl methyl sites for hydroxylation is 2. The molecule has 2 aromatic rings. The predicted octanol–water partition coefficient (Wildman–Crippen LogP) is 4.69. The Bertz CT molecular complexity index is 1190. The fourth-order valence-electron chi connectivity index (χ4n) is 4.24. The number of rotatable bonds is 11. The van der Waals surface area contributed by atoms with Gasteiger partial charge >= 0.3 is 6.09 Å². The molecule has 0 aliphatic carbocycles. The van der Waals surface area contributed by atoms with Crippen LogP contribution in [0.25, 0.3) is 0 Å². The van der Waals surface area contributed by atoms with Crippen LogP contribution < -0.4 is 16.4 Å². The van der Waals surface area contributed by atoms with Gasteiger partial charge in [0.2, 0.25) is 11.8 Å². The largest absolute Gasteiger partial charge is 0.444 e. The molecule has 0 radical (unpaired) electrons. The summed E-state index contributed by atoms with van der Waals surface area (Å²) >= 11 is 0. The van der Waals surface area contributed by atoms with Crippen molar-refractivity contribution in [3.8, 4) is 0 Å². The van der Waals surface area contributed by atoms with E-state index in [0.717, 1.165) is 16.7 Å². The summed E-state index contributed by atoms with van der Waals surface area (Å²) in [6.07, 6.45) is -0.406. The molecule has 9 heteroatoms. The standard InChI is InChI=1S/C30H42N4O5/c1-8-18-34(28(37)24(16-17-25(31)35)33-29(38)39-30(5,6)7)26(22-14-11-13-19(2)21(22)4)27(36)32-23-15-10-9-12-20(23)3/h9-15,24,26H,8,16-18H2,1-7H3,(H2,31,35)(H,32,36)(H,33,38). The molecule has 9 nitrogen and oxygen atoms in total. The van der Waals surface area contributed by atoms with E-state index >= 15 is 0 Å². The third kappa shape index (κ3) is 9.12. The predicted molar refractivity (Wildman–Crippen MR) is 152 cm³/mol. The molecule has 0 fully saturated rings. The maximum absolute atomic E-state index is 14.1. The number of amides is 4. The summed E-state index contributed by atoms with van der Waals surface area (Å²) in [6.45, 7) is 13.0. The van der Waals surface area contributed by atoms with Gasteiger partial charge < -0.3 is 26.0 Å². The first-order chi connectivity index (χ1) is 18.2. The summed E-state index contributed by atoms with van der Waals surface area (Å²) in [5.41, 5.74) is 8.63. The van der Waals surface area contributed by atoms with Crippen molar-refractivity contribution in [2.24, 2.45) is 5.73 Å². The molecule has 39 heavy (non-hydrogen) atoms. The number of primary amides is 1. The normalized spacial score (nSPS) is 12.7. The number of para-hydroxylation sites is 1. The highest BCUT2D eigenvalue weighted by molar-refractivity contribution is 5.99. The maximum atomic E-state index is 14.1. The van der Waals surface area contributed by atoms with E-state index < -0.39 is 35.6 Å². The minimum absolute atomic E-state index is 0.0352. The van der Waals surface area contributed by atoms with E-state index in [1.165, 1.54) is 4.90 Å². The van der Waals surface area contributed by atoms with E-state index in [1.54, 1.807) is 26.8 Å². The van der Waals surface area contributed by atoms with E-state index in [2.05, 4.69) is 10.6 Å². The quantitative estimate of drug-likeness (QED) is 0.382. The zero-order valence-corrected chi connectivity index (χ0v) is 24.1. The van der Waals surface area contributed by atoms with Gasteiger partial charge in [0.05, 0.1) is 0 Å². The van der Waals surface area contributed by atoms with Gasteiger partial charge in [-0.2, -0.15) is 0 Å². The van der Waals surface area contributed by atoms with Crippen LogP contribution in [0.4, 0.5) is 10.5 Å². The molecule has 2 unspecified atom stereocenters. The Kier molecular flexibility index (Phi) is 11.1. The molecule has 4 amide bonds. The lowest BCUT2D eigenvalue weighted by molar-refractivity contribution is -0.141. The monoisotopic (exact) mass is 538 g/mol. The van der Waals surface area contributed by atoms with Crippen molar-refractivity contribution < 1.29 is 23.9 Å². The number of hydrogen-bond acceptors (Lipinski definition) is 5. The number of alkyl carbamates (subject to hydrolysis) is 1. The van der Waals surface area contributed by atoms with E-state index in [1.807, 2.05) is 64.1 Å². The minimum atomic E-state index is -1.13. The molecule has 0 aromatic heterocycles. The summed E-state index contributed by atoms with van der Waals surface area (Å²) in [4.78, 5) is 53.8. The van der Waals surface area contributed by atoms with Crippen molar-refractivity contribution in [1.82, 2.24) is 10.2 Å². The highest BCUT2D eigenvalue weighted by atomic mass is 16.6. The Balaban J connectivity index is 2.57. The number of nitrogens with zero attached hydrogens (tertiary/aromatic N) is 1. The molecule has 2 aromatic carbocycles. The molecule has 212 valence electrons. The molecule has 2 atom stereocenters. The first kappa shape index (κ1) is 31.3. The summed E-state index contributed by atoms with van der Waals surface area (Å²) in [5, 5.41) is 5.60. The Morgan fingerprint density at radius 3 is 2.21 bits per heavy atom. The van der Waals surface area contributed by atoms with Crippen LogP contribution >= 0.6 is 0 Å². The van der Waals surface area contributed by atoms with Gasteiger partial charge in [0.15, 0.2) is 0 Å². The van der Waals surface area contributed by atoms with Gasteiger partial charge in [-0.3, -0.25) is 14.4 Å². The summed E-state index contributed by atoms with van der Waals surface area (Å²) in [7, 11) is 0. The van der Waals surface area contributed by atoms with Crippen LogP contribution in [0, 0.1) is 20.8 Å². The summed E-state index contributed by atoms with van der Waals surface area (Å²) in [6, 6.07) is 10.9. The Labute approximate surface area is 231 Å². The molecule has 0 spiro atoms. The summed E-state index contributed by atoms with van der Waals surface area (Å²) < 4.78 is 5.37. The fourth-order valence-corrected chi connectivity index (χ4v) is 4.24. The molecular weight excluding hydrogens is 496 g/mol. The van der Waals surface area contributed by atoms with Gasteiger partial charge in [0.1, 0.15) is 17.7 Å². The van der Waals surface area contributed by atoms with E-state index in [9.17, 15) is 19.2 Å². The second-order valence-electron chi connectivity index (χ2n) is 10.7. The lowest BCUT2D eigenvalue weighted by Crippen LogP contribution is -2.53. The molecular formula is C30H42N4O5. The van der Waals surface area contributed by atoms with Crippen LogP contribution in [0.2, 0.25) is 0 Å². The van der Waals surface area contributed by atoms with E-state index in [-0.39, 0.29) is 25.3 Å². The third-order valence-corrected chi connectivity index (χ3v) is 6.32. The maximum Gasteiger partial charge on any atom is 0.408 e. The molecule has 0 heterocycles. The molecule has 4 N–H and O–H groups in total. The number of nitrogens with one attached hydrogen (secondary N) is 2. The number of hydrogen-bond donors (Lipinski definition) is 3. The van der Waals surface area contributed by atoms with Gasteiger partial charge in [0.25, 0.3) is 5.91 Å². The molecule has 0 bridgehead atoms. The minimum Gasteiger partial charge on any atom is -0.444 e. The Hall–Kier alpha value is -3.88. The molecule has 0 saturated heterocycles. The van der Waals surface area contributed by atoms with Crippen molar-refractivity contribution in [3.05, 3.63) is 64.7 Å². The number of nitrogens with two attached hydrogens (primary N) is 1. The van der Waals surface area contributed by atoms with Gasteiger partial charge in [-0.05, 0) is 82.7 Å². The van der Waals surface area contributed by atoms with Gasteiger partial charge in [-0.15, -0.1) is 0 Å². The van der Waals surface area contributed by atoms with Crippen LogP contribution in [0.3, 0.4) is 0 Å². The second kappa shape index (κ2) is 13.8. The van der Waals surface area contributed by atoms with Crippen molar-refractivity contribution in [1.29, 1.82) is 0 Å². The first-order valence-corrected chi connectivity index (χ1v) is 13.3. The van der Waals surface area contributed by atoms with Crippen LogP contribution in [0.5, 0.6) is 0 Å². The Morgan fingerprint density at radius 2 is 1.62 bits per heavy atom. The van der Waals surface area contributed by atoms with Crippen molar-refractivity contribution >= 4 is 29.5 Å². The number of carbonyl (C=O) groups excluding carboxylic acids is 4. The molecule has 2 rings (SSSR count). The molecule has 0 saturated carbocycles. The lowest BCUT2D eigenvalue weighted by atomic mass is 9.94. The lowest BCUT2D eigenvalue weighted by Gasteiger charge is -2.35. The number of ether oxygens (including phenoxy) is 1. The zero-order valence-electron chi connectivity index (χ0n) is 24.1. The number of benzene rings is 2.